The third-order valence-electron chi connectivity index (χ3n) is 10.5. The zero-order valence-corrected chi connectivity index (χ0v) is 20.4. The normalized spacial score (nSPS) is 38.9. The Morgan fingerprint density at radius 3 is 2.79 bits per heavy atom. The molecule has 34 heavy (non-hydrogen) atoms. The summed E-state index contributed by atoms with van der Waals surface area (Å²) in [5.74, 6) is 1.42. The Hall–Kier alpha value is -2.14. The molecule has 2 spiro atoms. The SMILES string of the molecule is C=Cc1ccc2c3c1O[C@H]1C4(OC)CCC5(C[C@@H]4COCc4ccccc4)[C@@H](C2)N(C)CCC315. The molecule has 4 fully saturated rings. The van der Waals surface area contributed by atoms with E-state index in [2.05, 4.69) is 61.0 Å². The Morgan fingerprint density at radius 2 is 2.00 bits per heavy atom. The van der Waals surface area contributed by atoms with Gasteiger partial charge < -0.3 is 19.1 Å². The Balaban J connectivity index is 1.33. The molecule has 4 bridgehead atoms. The van der Waals surface area contributed by atoms with Gasteiger partial charge in [-0.15, -0.1) is 0 Å². The fraction of sp³-hybridized carbons (Fsp3) is 0.533. The van der Waals surface area contributed by atoms with Gasteiger partial charge in [0, 0.05) is 41.0 Å². The number of likely N-dealkylation sites (N-methyl/N-ethyl adjacent to an activating group) is 1. The van der Waals surface area contributed by atoms with Gasteiger partial charge in [0.2, 0.25) is 0 Å². The second kappa shape index (κ2) is 7.19. The number of nitrogens with zero attached hydrogens (tertiary/aromatic N) is 1. The van der Waals surface area contributed by atoms with E-state index >= 15 is 0 Å². The number of hydrogen-bond donors (Lipinski definition) is 0. The molecule has 2 aromatic rings. The average molecular weight is 458 g/mol. The van der Waals surface area contributed by atoms with E-state index in [0.717, 1.165) is 43.5 Å². The van der Waals surface area contributed by atoms with E-state index in [9.17, 15) is 0 Å². The lowest BCUT2D eigenvalue weighted by Crippen LogP contribution is -2.81. The number of methoxy groups -OCH3 is 1. The summed E-state index contributed by atoms with van der Waals surface area (Å²) in [4.78, 5) is 2.65. The highest BCUT2D eigenvalue weighted by Crippen LogP contribution is 2.76. The van der Waals surface area contributed by atoms with E-state index in [1.807, 2.05) is 13.2 Å². The van der Waals surface area contributed by atoms with Gasteiger partial charge in [0.25, 0.3) is 0 Å². The van der Waals surface area contributed by atoms with Crippen molar-refractivity contribution in [3.05, 3.63) is 71.3 Å². The first-order chi connectivity index (χ1) is 16.6. The molecule has 2 heterocycles. The first kappa shape index (κ1) is 21.2. The summed E-state index contributed by atoms with van der Waals surface area (Å²) in [6.45, 7) is 6.60. The van der Waals surface area contributed by atoms with Crippen LogP contribution in [0.1, 0.15) is 47.9 Å². The van der Waals surface area contributed by atoms with E-state index in [4.69, 9.17) is 14.2 Å². The average Bonchev–Trinajstić information content (AvgIpc) is 3.24. The Labute approximate surface area is 202 Å². The van der Waals surface area contributed by atoms with Gasteiger partial charge in [-0.3, -0.25) is 0 Å². The predicted octanol–water partition coefficient (Wildman–Crippen LogP) is 4.99. The quantitative estimate of drug-likeness (QED) is 0.612. The molecule has 6 aliphatic rings. The minimum atomic E-state index is -0.315. The summed E-state index contributed by atoms with van der Waals surface area (Å²) in [7, 11) is 4.25. The molecule has 4 aliphatic carbocycles. The first-order valence-corrected chi connectivity index (χ1v) is 12.9. The van der Waals surface area contributed by atoms with Crippen molar-refractivity contribution in [1.82, 2.24) is 4.90 Å². The molecular formula is C30H35NO3. The fourth-order valence-corrected chi connectivity index (χ4v) is 9.11. The highest BCUT2D eigenvalue weighted by molar-refractivity contribution is 5.68. The topological polar surface area (TPSA) is 30.9 Å². The maximum atomic E-state index is 7.08. The molecule has 0 aromatic heterocycles. The maximum Gasteiger partial charge on any atom is 0.138 e. The summed E-state index contributed by atoms with van der Waals surface area (Å²) >= 11 is 0. The second-order valence-electron chi connectivity index (χ2n) is 11.4. The highest BCUT2D eigenvalue weighted by atomic mass is 16.6. The molecule has 4 heteroatoms. The van der Waals surface area contributed by atoms with Gasteiger partial charge in [0.05, 0.1) is 13.2 Å². The van der Waals surface area contributed by atoms with Gasteiger partial charge in [-0.2, -0.15) is 0 Å². The molecular weight excluding hydrogens is 422 g/mol. The number of likely N-dealkylation sites (tertiary alicyclic amines) is 1. The fourth-order valence-electron chi connectivity index (χ4n) is 9.11. The van der Waals surface area contributed by atoms with Crippen LogP contribution in [0.4, 0.5) is 0 Å². The summed E-state index contributed by atoms with van der Waals surface area (Å²) in [6, 6.07) is 15.6. The number of hydrogen-bond acceptors (Lipinski definition) is 4. The van der Waals surface area contributed by atoms with Crippen LogP contribution in [0.5, 0.6) is 5.75 Å². The van der Waals surface area contributed by atoms with Gasteiger partial charge in [-0.1, -0.05) is 55.1 Å². The zero-order valence-electron chi connectivity index (χ0n) is 20.4. The molecule has 0 radical (unpaired) electrons. The first-order valence-electron chi connectivity index (χ1n) is 12.9. The van der Waals surface area contributed by atoms with Gasteiger partial charge in [-0.05, 0) is 56.8 Å². The monoisotopic (exact) mass is 457 g/mol. The third kappa shape index (κ3) is 2.35. The minimum absolute atomic E-state index is 0.0380. The van der Waals surface area contributed by atoms with Gasteiger partial charge in [-0.25, -0.2) is 0 Å². The van der Waals surface area contributed by atoms with Gasteiger partial charge in [0.1, 0.15) is 17.5 Å². The van der Waals surface area contributed by atoms with Crippen molar-refractivity contribution in [2.45, 2.75) is 61.9 Å². The lowest BCUT2D eigenvalue weighted by Gasteiger charge is -2.73. The zero-order chi connectivity index (χ0) is 23.1. The van der Waals surface area contributed by atoms with E-state index in [1.54, 1.807) is 0 Å². The number of piperidine rings is 1. The van der Waals surface area contributed by atoms with Crippen LogP contribution in [-0.2, 0) is 27.9 Å². The van der Waals surface area contributed by atoms with E-state index in [0.29, 0.717) is 25.2 Å². The van der Waals surface area contributed by atoms with Crippen molar-refractivity contribution in [3.63, 3.8) is 0 Å². The molecule has 178 valence electrons. The molecule has 6 atom stereocenters. The summed E-state index contributed by atoms with van der Waals surface area (Å²) in [6.07, 6.45) is 7.69. The van der Waals surface area contributed by atoms with Crippen LogP contribution in [0.15, 0.2) is 49.0 Å². The van der Waals surface area contributed by atoms with Crippen LogP contribution in [0, 0.1) is 11.3 Å². The highest BCUT2D eigenvalue weighted by Gasteiger charge is 2.80. The largest absolute Gasteiger partial charge is 0.485 e. The number of fused-ring (bicyclic) bond motifs is 2. The minimum Gasteiger partial charge on any atom is -0.485 e. The smallest absolute Gasteiger partial charge is 0.138 e. The molecule has 2 aliphatic heterocycles. The van der Waals surface area contributed by atoms with E-state index in [-0.39, 0.29) is 22.5 Å². The number of rotatable bonds is 6. The van der Waals surface area contributed by atoms with Crippen molar-refractivity contribution in [1.29, 1.82) is 0 Å². The van der Waals surface area contributed by atoms with Crippen LogP contribution in [-0.4, -0.2) is 50.0 Å². The molecule has 0 N–H and O–H groups in total. The molecule has 0 amide bonds. The number of benzene rings is 2. The van der Waals surface area contributed by atoms with Crippen LogP contribution in [0.3, 0.4) is 0 Å². The molecule has 1 saturated heterocycles. The standard InChI is InChI=1S/C30H35NO3/c1-4-21-10-11-22-16-24-28-12-13-30(32-3,23(17-28)19-33-18-20-8-6-5-7-9-20)27-29(28,14-15-31(24)2)25(22)26(21)34-27/h4-11,23-24,27H,1,12-19H2,2-3H3/t23-,24-,27-,28?,29?,30?/m1/s1. The molecule has 3 unspecified atom stereocenters. The third-order valence-corrected chi connectivity index (χ3v) is 10.5. The van der Waals surface area contributed by atoms with Crippen molar-refractivity contribution >= 4 is 6.08 Å². The number of ether oxygens (including phenoxy) is 3. The van der Waals surface area contributed by atoms with Crippen LogP contribution in [0.2, 0.25) is 0 Å². The van der Waals surface area contributed by atoms with Gasteiger partial charge >= 0.3 is 0 Å². The Bertz CT molecular complexity index is 1150. The summed E-state index contributed by atoms with van der Waals surface area (Å²) < 4.78 is 20.1. The van der Waals surface area contributed by atoms with E-state index < -0.39 is 0 Å². The van der Waals surface area contributed by atoms with Crippen molar-refractivity contribution in [2.75, 3.05) is 27.3 Å². The maximum absolute atomic E-state index is 7.08. The lowest BCUT2D eigenvalue weighted by atomic mass is 9.35. The predicted molar refractivity (Wildman–Crippen MR) is 133 cm³/mol. The van der Waals surface area contributed by atoms with Crippen molar-refractivity contribution < 1.29 is 14.2 Å². The van der Waals surface area contributed by atoms with Crippen molar-refractivity contribution in [3.8, 4) is 5.75 Å². The van der Waals surface area contributed by atoms with E-state index in [1.165, 1.54) is 23.1 Å². The van der Waals surface area contributed by atoms with Crippen LogP contribution < -0.4 is 4.74 Å². The summed E-state index contributed by atoms with van der Waals surface area (Å²) in [5, 5.41) is 0. The van der Waals surface area contributed by atoms with Crippen LogP contribution in [0.25, 0.3) is 6.08 Å². The summed E-state index contributed by atoms with van der Waals surface area (Å²) in [5.41, 5.74) is 5.29. The molecule has 8 rings (SSSR count). The Morgan fingerprint density at radius 1 is 1.15 bits per heavy atom. The Kier molecular flexibility index (Phi) is 4.48. The molecule has 4 nitrogen and oxygen atoms in total. The van der Waals surface area contributed by atoms with Gasteiger partial charge in [0.15, 0.2) is 0 Å². The molecule has 3 saturated carbocycles. The van der Waals surface area contributed by atoms with Crippen LogP contribution >= 0.6 is 0 Å². The lowest BCUT2D eigenvalue weighted by molar-refractivity contribution is -0.282. The van der Waals surface area contributed by atoms with Crippen molar-refractivity contribution in [2.24, 2.45) is 11.3 Å². The molecule has 2 aromatic carbocycles. The second-order valence-corrected chi connectivity index (χ2v) is 11.4.